The number of fused-ring (bicyclic) bond motifs is 2. The van der Waals surface area contributed by atoms with E-state index in [9.17, 15) is 27.2 Å². The van der Waals surface area contributed by atoms with Crippen LogP contribution in [0.2, 0.25) is 0 Å². The van der Waals surface area contributed by atoms with Crippen LogP contribution in [0.15, 0.2) is 146 Å². The third kappa shape index (κ3) is 11.0. The fourth-order valence-corrected chi connectivity index (χ4v) is 5.49. The molecule has 0 atom stereocenters. The van der Waals surface area contributed by atoms with Gasteiger partial charge in [-0.15, -0.1) is 0 Å². The van der Waals surface area contributed by atoms with E-state index in [4.69, 9.17) is 19.9 Å². The van der Waals surface area contributed by atoms with Crippen LogP contribution in [0.5, 0.6) is 0 Å². The number of nitrogens with zero attached hydrogens (tertiary/aromatic N) is 4. The Kier molecular flexibility index (Phi) is 14.2. The van der Waals surface area contributed by atoms with Crippen LogP contribution in [-0.4, -0.2) is 38.2 Å². The summed E-state index contributed by atoms with van der Waals surface area (Å²) in [7, 11) is 0. The number of hydrogen-bond acceptors (Lipinski definition) is 6. The van der Waals surface area contributed by atoms with Gasteiger partial charge in [-0.05, 0) is 128 Å². The second-order valence-corrected chi connectivity index (χ2v) is 12.5. The molecule has 0 saturated heterocycles. The predicted octanol–water partition coefficient (Wildman–Crippen LogP) is 10.2. The van der Waals surface area contributed by atoms with Gasteiger partial charge in [-0.3, -0.25) is 9.59 Å². The number of aromatic nitrogens is 4. The number of nitrogens with one attached hydrogen (secondary N) is 1. The number of hydrogen-bond donors (Lipinski definition) is 1. The van der Waals surface area contributed by atoms with E-state index in [0.29, 0.717) is 22.8 Å². The maximum Gasteiger partial charge on any atom is 3.00 e. The molecule has 7 nitrogen and oxygen atoms in total. The number of amides is 1. The van der Waals surface area contributed by atoms with E-state index in [-0.39, 0.29) is 61.0 Å². The third-order valence-electron chi connectivity index (χ3n) is 8.20. The van der Waals surface area contributed by atoms with Crippen molar-refractivity contribution in [3.63, 3.8) is 0 Å². The number of carbonyl (C=O) groups is 2. The van der Waals surface area contributed by atoms with Crippen molar-refractivity contribution < 1.29 is 46.6 Å². The van der Waals surface area contributed by atoms with Crippen molar-refractivity contribution in [2.75, 3.05) is 6.54 Å². The van der Waals surface area contributed by atoms with Gasteiger partial charge in [0, 0.05) is 29.2 Å². The van der Waals surface area contributed by atoms with E-state index in [1.54, 1.807) is 48.5 Å². The van der Waals surface area contributed by atoms with Crippen molar-refractivity contribution in [3.8, 4) is 45.0 Å². The molecule has 8 aromatic rings. The van der Waals surface area contributed by atoms with Crippen LogP contribution < -0.4 is 5.32 Å². The van der Waals surface area contributed by atoms with E-state index in [0.717, 1.165) is 44.3 Å². The van der Waals surface area contributed by atoms with Gasteiger partial charge in [-0.25, -0.2) is 37.5 Å². The van der Waals surface area contributed by atoms with Crippen molar-refractivity contribution in [2.45, 2.75) is 13.8 Å². The number of rotatable bonds is 6. The van der Waals surface area contributed by atoms with Crippen LogP contribution in [0.4, 0.5) is 17.6 Å². The molecule has 8 rings (SSSR count). The number of Topliss-reactive ketones (excluding diaryl/α,β-unsaturated/α-hetero) is 1. The molecule has 0 aliphatic rings. The predicted molar refractivity (Wildman–Crippen MR) is 210 cm³/mol. The van der Waals surface area contributed by atoms with Gasteiger partial charge in [-0.1, -0.05) is 24.3 Å². The molecular weight excluding hydrogens is 820 g/mol. The zero-order valence-electron chi connectivity index (χ0n) is 30.5. The summed E-state index contributed by atoms with van der Waals surface area (Å²) in [5, 5.41) is 2.36. The molecular formula is C45H33F4N5O2Ru+3. The van der Waals surface area contributed by atoms with E-state index in [1.807, 2.05) is 48.5 Å². The second-order valence-electron chi connectivity index (χ2n) is 12.5. The molecule has 0 aliphatic heterocycles. The molecule has 0 fully saturated rings. The quantitative estimate of drug-likeness (QED) is 0.132. The van der Waals surface area contributed by atoms with Crippen LogP contribution in [-0.2, 0) is 29.1 Å². The molecule has 2 heterocycles. The Bertz CT molecular complexity index is 2270. The van der Waals surface area contributed by atoms with Gasteiger partial charge >= 0.3 is 19.5 Å². The van der Waals surface area contributed by atoms with Gasteiger partial charge in [-0.2, -0.15) is 0 Å². The van der Waals surface area contributed by atoms with Crippen LogP contribution >= 0.6 is 0 Å². The number of ketones is 1. The fourth-order valence-electron chi connectivity index (χ4n) is 5.49. The third-order valence-corrected chi connectivity index (χ3v) is 8.20. The largest absolute Gasteiger partial charge is 3.00 e. The van der Waals surface area contributed by atoms with Gasteiger partial charge in [0.2, 0.25) is 5.91 Å². The Labute approximate surface area is 338 Å². The first kappa shape index (κ1) is 41.6. The Hall–Kier alpha value is -6.52. The molecule has 0 unspecified atom stereocenters. The SMILES string of the molecule is CC(=O)CNC(C)=O.Fc1ccc(-c2nc3ccccc3nc2-c2ccc(F)cc2)cc1.Fc1ccc(-c2nc3ccccc3nc2-c2ccc(F)cc2)cc1.[Ru+3]. The maximum absolute atomic E-state index is 13.2. The summed E-state index contributed by atoms with van der Waals surface area (Å²) >= 11 is 0. The summed E-state index contributed by atoms with van der Waals surface area (Å²) in [4.78, 5) is 39.0. The van der Waals surface area contributed by atoms with Crippen molar-refractivity contribution in [1.82, 2.24) is 25.3 Å². The molecule has 0 bridgehead atoms. The van der Waals surface area contributed by atoms with Crippen LogP contribution in [0.1, 0.15) is 13.8 Å². The van der Waals surface area contributed by atoms with E-state index < -0.39 is 0 Å². The summed E-state index contributed by atoms with van der Waals surface area (Å²) in [6.07, 6.45) is 0. The van der Waals surface area contributed by atoms with Gasteiger partial charge in [0.25, 0.3) is 0 Å². The Morgan fingerprint density at radius 3 is 0.825 bits per heavy atom. The Morgan fingerprint density at radius 2 is 0.649 bits per heavy atom. The van der Waals surface area contributed by atoms with Crippen molar-refractivity contribution in [2.24, 2.45) is 0 Å². The molecule has 1 N–H and O–H groups in total. The van der Waals surface area contributed by atoms with Crippen LogP contribution in [0.25, 0.3) is 67.1 Å². The monoisotopic (exact) mass is 853 g/mol. The standard InChI is InChI=1S/2C20H12F2N2.C5H9NO2.Ru/c2*21-15-9-5-13(6-10-15)19-20(14-7-11-16(22)12-8-14)24-18-4-2-1-3-17(18)23-19;1-4(7)3-6-5(2)8;/h2*1-12H;3H2,1-2H3,(H,6,8);/q;;;+3. The number of halogens is 4. The molecule has 0 spiro atoms. The average molecular weight is 853 g/mol. The zero-order valence-corrected chi connectivity index (χ0v) is 32.3. The summed E-state index contributed by atoms with van der Waals surface area (Å²) in [6, 6.07) is 39.5. The molecule has 283 valence electrons. The smallest absolute Gasteiger partial charge is 0.349 e. The second kappa shape index (κ2) is 19.4. The minimum absolute atomic E-state index is 0. The number of benzene rings is 6. The number of carbonyl (C=O) groups excluding carboxylic acids is 2. The van der Waals surface area contributed by atoms with Crippen LogP contribution in [0, 0.1) is 23.3 Å². The van der Waals surface area contributed by atoms with E-state index in [2.05, 4.69) is 5.32 Å². The molecule has 12 heteroatoms. The molecule has 0 aliphatic carbocycles. The normalized spacial score (nSPS) is 10.4. The summed E-state index contributed by atoms with van der Waals surface area (Å²) in [6.45, 7) is 2.95. The van der Waals surface area contributed by atoms with Gasteiger partial charge in [0.05, 0.1) is 51.4 Å². The van der Waals surface area contributed by atoms with E-state index in [1.165, 1.54) is 62.4 Å². The van der Waals surface area contributed by atoms with E-state index >= 15 is 0 Å². The van der Waals surface area contributed by atoms with Crippen LogP contribution in [0.3, 0.4) is 0 Å². The molecule has 2 aromatic heterocycles. The maximum atomic E-state index is 13.2. The van der Waals surface area contributed by atoms with Crippen molar-refractivity contribution in [3.05, 3.63) is 169 Å². The van der Waals surface area contributed by atoms with Crippen molar-refractivity contribution in [1.29, 1.82) is 0 Å². The summed E-state index contributed by atoms with van der Waals surface area (Å²) < 4.78 is 53.0. The summed E-state index contributed by atoms with van der Waals surface area (Å²) in [5.41, 5.74) is 8.60. The molecule has 0 saturated carbocycles. The molecule has 57 heavy (non-hydrogen) atoms. The minimum atomic E-state index is -0.309. The molecule has 1 amide bonds. The number of para-hydroxylation sites is 4. The average Bonchev–Trinajstić information content (AvgIpc) is 3.21. The molecule has 1 radical (unpaired) electrons. The van der Waals surface area contributed by atoms with Crippen molar-refractivity contribution >= 4 is 33.8 Å². The Balaban J connectivity index is 0.000000181. The first-order chi connectivity index (χ1) is 27.0. The van der Waals surface area contributed by atoms with Gasteiger partial charge in [0.15, 0.2) is 0 Å². The zero-order chi connectivity index (χ0) is 39.6. The fraction of sp³-hybridized carbons (Fsp3) is 0.0667. The first-order valence-electron chi connectivity index (χ1n) is 17.4. The van der Waals surface area contributed by atoms with Gasteiger partial charge < -0.3 is 5.32 Å². The van der Waals surface area contributed by atoms with Gasteiger partial charge in [0.1, 0.15) is 29.1 Å². The molecule has 6 aromatic carbocycles. The first-order valence-corrected chi connectivity index (χ1v) is 17.4. The Morgan fingerprint density at radius 1 is 0.421 bits per heavy atom. The topological polar surface area (TPSA) is 97.7 Å². The minimum Gasteiger partial charge on any atom is -0.349 e. The summed E-state index contributed by atoms with van der Waals surface area (Å²) in [5.74, 6) is -1.43.